The van der Waals surface area contributed by atoms with E-state index in [-0.39, 0.29) is 5.60 Å². The Hall–Kier alpha value is -1.18. The Bertz CT molecular complexity index is 344. The third-order valence-electron chi connectivity index (χ3n) is 2.56. The normalized spacial score (nSPS) is 18.8. The molecule has 1 N–H and O–H groups in total. The largest absolute Gasteiger partial charge is 0.486 e. The van der Waals surface area contributed by atoms with E-state index in [1.165, 1.54) is 5.56 Å². The van der Waals surface area contributed by atoms with Crippen LogP contribution >= 0.6 is 0 Å². The summed E-state index contributed by atoms with van der Waals surface area (Å²) in [7, 11) is 0. The highest BCUT2D eigenvalue weighted by Gasteiger charge is 2.23. The number of fused-ring (bicyclic) bond motifs is 1. The molecule has 0 amide bonds. The Labute approximate surface area is 85.3 Å². The van der Waals surface area contributed by atoms with Crippen molar-refractivity contribution >= 4 is 5.69 Å². The van der Waals surface area contributed by atoms with E-state index in [2.05, 4.69) is 38.2 Å². The van der Waals surface area contributed by atoms with Gasteiger partial charge in [-0.25, -0.2) is 0 Å². The fourth-order valence-electron chi connectivity index (χ4n) is 1.72. The molecule has 1 heterocycles. The van der Waals surface area contributed by atoms with Gasteiger partial charge >= 0.3 is 0 Å². The summed E-state index contributed by atoms with van der Waals surface area (Å²) < 4.78 is 5.94. The predicted molar refractivity (Wildman–Crippen MR) is 59.0 cm³/mol. The monoisotopic (exact) mass is 191 g/mol. The van der Waals surface area contributed by atoms with Crippen molar-refractivity contribution in [3.63, 3.8) is 0 Å². The molecule has 2 nitrogen and oxygen atoms in total. The highest BCUT2D eigenvalue weighted by atomic mass is 16.5. The molecule has 0 fully saturated rings. The summed E-state index contributed by atoms with van der Waals surface area (Å²) in [5.41, 5.74) is 2.32. The van der Waals surface area contributed by atoms with Gasteiger partial charge < -0.3 is 10.1 Å². The highest BCUT2D eigenvalue weighted by molar-refractivity contribution is 5.58. The standard InChI is InChI=1S/C12H17NO/c1-9-4-5-11-10(8-9)13-7-6-12(2,3)14-11/h4-5,8,13H,6-7H2,1-3H3. The fourth-order valence-corrected chi connectivity index (χ4v) is 1.72. The number of hydrogen-bond donors (Lipinski definition) is 1. The third-order valence-corrected chi connectivity index (χ3v) is 2.56. The van der Waals surface area contributed by atoms with Crippen LogP contribution in [0.5, 0.6) is 5.75 Å². The van der Waals surface area contributed by atoms with Crippen LogP contribution in [0.3, 0.4) is 0 Å². The maximum Gasteiger partial charge on any atom is 0.143 e. The fraction of sp³-hybridized carbons (Fsp3) is 0.500. The van der Waals surface area contributed by atoms with Crippen LogP contribution in [0, 0.1) is 6.92 Å². The molecule has 0 atom stereocenters. The van der Waals surface area contributed by atoms with Crippen molar-refractivity contribution < 1.29 is 4.74 Å². The summed E-state index contributed by atoms with van der Waals surface area (Å²) in [5, 5.41) is 3.40. The maximum absolute atomic E-state index is 5.94. The van der Waals surface area contributed by atoms with Gasteiger partial charge in [0.15, 0.2) is 0 Å². The second-order valence-corrected chi connectivity index (χ2v) is 4.54. The average molecular weight is 191 g/mol. The van der Waals surface area contributed by atoms with E-state index in [0.717, 1.165) is 24.4 Å². The minimum Gasteiger partial charge on any atom is -0.486 e. The molecule has 0 radical (unpaired) electrons. The van der Waals surface area contributed by atoms with Gasteiger partial charge in [-0.05, 0) is 38.5 Å². The van der Waals surface area contributed by atoms with Crippen LogP contribution in [0.25, 0.3) is 0 Å². The molecular formula is C12H17NO. The van der Waals surface area contributed by atoms with Crippen molar-refractivity contribution in [1.82, 2.24) is 0 Å². The Kier molecular flexibility index (Phi) is 2.14. The topological polar surface area (TPSA) is 21.3 Å². The quantitative estimate of drug-likeness (QED) is 0.680. The smallest absolute Gasteiger partial charge is 0.143 e. The number of ether oxygens (including phenoxy) is 1. The second kappa shape index (κ2) is 3.19. The maximum atomic E-state index is 5.94. The molecule has 0 aromatic heterocycles. The van der Waals surface area contributed by atoms with Gasteiger partial charge in [-0.3, -0.25) is 0 Å². The van der Waals surface area contributed by atoms with Crippen LogP contribution in [0.1, 0.15) is 25.8 Å². The van der Waals surface area contributed by atoms with Crippen molar-refractivity contribution in [2.45, 2.75) is 32.8 Å². The first-order valence-electron chi connectivity index (χ1n) is 5.10. The van der Waals surface area contributed by atoms with Crippen LogP contribution in [-0.4, -0.2) is 12.1 Å². The van der Waals surface area contributed by atoms with E-state index in [0.29, 0.717) is 0 Å². The number of nitrogens with one attached hydrogen (secondary N) is 1. The number of anilines is 1. The molecule has 0 spiro atoms. The van der Waals surface area contributed by atoms with Gasteiger partial charge in [-0.15, -0.1) is 0 Å². The van der Waals surface area contributed by atoms with Crippen molar-refractivity contribution in [2.75, 3.05) is 11.9 Å². The molecule has 14 heavy (non-hydrogen) atoms. The van der Waals surface area contributed by atoms with Crippen molar-refractivity contribution in [3.8, 4) is 5.75 Å². The molecule has 0 aliphatic carbocycles. The molecule has 0 saturated carbocycles. The molecule has 2 rings (SSSR count). The average Bonchev–Trinajstić information content (AvgIpc) is 2.22. The molecule has 2 heteroatoms. The van der Waals surface area contributed by atoms with Crippen molar-refractivity contribution in [1.29, 1.82) is 0 Å². The number of aryl methyl sites for hydroxylation is 1. The van der Waals surface area contributed by atoms with Crippen molar-refractivity contribution in [2.24, 2.45) is 0 Å². The van der Waals surface area contributed by atoms with E-state index in [1.807, 2.05) is 6.07 Å². The second-order valence-electron chi connectivity index (χ2n) is 4.54. The minimum atomic E-state index is -0.0620. The lowest BCUT2D eigenvalue weighted by atomic mass is 10.1. The zero-order valence-corrected chi connectivity index (χ0v) is 9.05. The van der Waals surface area contributed by atoms with Crippen LogP contribution in [-0.2, 0) is 0 Å². The van der Waals surface area contributed by atoms with E-state index in [1.54, 1.807) is 0 Å². The van der Waals surface area contributed by atoms with E-state index in [4.69, 9.17) is 4.74 Å². The van der Waals surface area contributed by atoms with Crippen LogP contribution in [0.15, 0.2) is 18.2 Å². The molecule has 0 saturated heterocycles. The summed E-state index contributed by atoms with van der Waals surface area (Å²) in [4.78, 5) is 0. The van der Waals surface area contributed by atoms with E-state index < -0.39 is 0 Å². The summed E-state index contributed by atoms with van der Waals surface area (Å²) in [6, 6.07) is 6.27. The van der Waals surface area contributed by atoms with Crippen LogP contribution < -0.4 is 10.1 Å². The molecule has 76 valence electrons. The summed E-state index contributed by atoms with van der Waals surface area (Å²) in [6.07, 6.45) is 1.03. The highest BCUT2D eigenvalue weighted by Crippen LogP contribution is 2.32. The first kappa shape index (κ1) is 9.38. The molecule has 0 bridgehead atoms. The Morgan fingerprint density at radius 2 is 2.14 bits per heavy atom. The van der Waals surface area contributed by atoms with Crippen molar-refractivity contribution in [3.05, 3.63) is 23.8 Å². The van der Waals surface area contributed by atoms with Crippen LogP contribution in [0.2, 0.25) is 0 Å². The van der Waals surface area contributed by atoms with E-state index in [9.17, 15) is 0 Å². The summed E-state index contributed by atoms with van der Waals surface area (Å²) in [5.74, 6) is 0.970. The van der Waals surface area contributed by atoms with Crippen LogP contribution in [0.4, 0.5) is 5.69 Å². The minimum absolute atomic E-state index is 0.0620. The van der Waals surface area contributed by atoms with Gasteiger partial charge in [0.25, 0.3) is 0 Å². The number of hydrogen-bond acceptors (Lipinski definition) is 2. The first-order valence-corrected chi connectivity index (χ1v) is 5.10. The lowest BCUT2D eigenvalue weighted by Crippen LogP contribution is -2.28. The summed E-state index contributed by atoms with van der Waals surface area (Å²) in [6.45, 7) is 7.33. The summed E-state index contributed by atoms with van der Waals surface area (Å²) >= 11 is 0. The SMILES string of the molecule is Cc1ccc2c(c1)NCCC(C)(C)O2. The van der Waals surface area contributed by atoms with Gasteiger partial charge in [0.05, 0.1) is 5.69 Å². The lowest BCUT2D eigenvalue weighted by Gasteiger charge is -2.23. The van der Waals surface area contributed by atoms with Gasteiger partial charge in [0, 0.05) is 13.0 Å². The first-order chi connectivity index (χ1) is 6.57. The van der Waals surface area contributed by atoms with Gasteiger partial charge in [-0.2, -0.15) is 0 Å². The Morgan fingerprint density at radius 3 is 2.93 bits per heavy atom. The molecule has 1 aromatic rings. The van der Waals surface area contributed by atoms with E-state index >= 15 is 0 Å². The molecule has 1 aliphatic rings. The van der Waals surface area contributed by atoms with Gasteiger partial charge in [-0.1, -0.05) is 6.07 Å². The number of rotatable bonds is 0. The molecule has 1 aliphatic heterocycles. The van der Waals surface area contributed by atoms with Gasteiger partial charge in [0.1, 0.15) is 11.4 Å². The predicted octanol–water partition coefficient (Wildman–Crippen LogP) is 2.97. The molecule has 0 unspecified atom stereocenters. The molecular weight excluding hydrogens is 174 g/mol. The zero-order valence-electron chi connectivity index (χ0n) is 9.05. The van der Waals surface area contributed by atoms with Gasteiger partial charge in [0.2, 0.25) is 0 Å². The third kappa shape index (κ3) is 1.84. The zero-order chi connectivity index (χ0) is 10.2. The molecule has 1 aromatic carbocycles. The Morgan fingerprint density at radius 1 is 1.36 bits per heavy atom. The number of benzene rings is 1. The Balaban J connectivity index is 2.37. The lowest BCUT2D eigenvalue weighted by molar-refractivity contribution is 0.108.